The molecule has 2 amide bonds. The van der Waals surface area contributed by atoms with Crippen molar-refractivity contribution in [2.24, 2.45) is 5.41 Å². The number of hydrogen-bond donors (Lipinski definition) is 0. The van der Waals surface area contributed by atoms with E-state index in [1.165, 1.54) is 0 Å². The van der Waals surface area contributed by atoms with Crippen LogP contribution in [0.5, 0.6) is 5.75 Å². The molecule has 2 fully saturated rings. The lowest BCUT2D eigenvalue weighted by Crippen LogP contribution is -2.59. The van der Waals surface area contributed by atoms with Crippen LogP contribution >= 0.6 is 0 Å². The normalized spacial score (nSPS) is 25.0. The number of benzene rings is 1. The number of hydrogen-bond acceptors (Lipinski definition) is 4. The summed E-state index contributed by atoms with van der Waals surface area (Å²) in [6.07, 6.45) is -0.658. The topological polar surface area (TPSA) is 59.1 Å². The molecule has 6 nitrogen and oxygen atoms in total. The maximum atomic E-state index is 13.0. The van der Waals surface area contributed by atoms with Gasteiger partial charge in [0.15, 0.2) is 6.10 Å². The molecule has 1 aromatic rings. The SMILES string of the molecule is CC(C)(C)OC(=O)N1CCCN2C(=O)[C@@H](Oc3ccccc3)C(C)(C)[C@H]12. The quantitative estimate of drug-likeness (QED) is 0.812. The maximum absolute atomic E-state index is 13.0. The van der Waals surface area contributed by atoms with Gasteiger partial charge in [-0.05, 0) is 39.3 Å². The molecule has 0 bridgehead atoms. The zero-order valence-electron chi connectivity index (χ0n) is 16.2. The molecule has 3 rings (SSSR count). The van der Waals surface area contributed by atoms with Gasteiger partial charge in [-0.1, -0.05) is 32.0 Å². The molecular weight excluding hydrogens is 332 g/mol. The van der Waals surface area contributed by atoms with Crippen LogP contribution < -0.4 is 4.74 Å². The summed E-state index contributed by atoms with van der Waals surface area (Å²) in [4.78, 5) is 29.2. The van der Waals surface area contributed by atoms with Crippen molar-refractivity contribution in [2.75, 3.05) is 13.1 Å². The van der Waals surface area contributed by atoms with Gasteiger partial charge in [-0.3, -0.25) is 9.69 Å². The van der Waals surface area contributed by atoms with Crippen molar-refractivity contribution in [3.63, 3.8) is 0 Å². The Labute approximate surface area is 155 Å². The number of para-hydroxylation sites is 1. The van der Waals surface area contributed by atoms with E-state index in [0.29, 0.717) is 18.8 Å². The Morgan fingerprint density at radius 1 is 1.15 bits per heavy atom. The summed E-state index contributed by atoms with van der Waals surface area (Å²) in [5.41, 5.74) is -1.14. The highest BCUT2D eigenvalue weighted by molar-refractivity contribution is 5.86. The zero-order chi connectivity index (χ0) is 19.1. The molecule has 0 aliphatic carbocycles. The number of carbonyl (C=O) groups is 2. The van der Waals surface area contributed by atoms with Crippen molar-refractivity contribution in [1.29, 1.82) is 0 Å². The average Bonchev–Trinajstić information content (AvgIpc) is 2.75. The van der Waals surface area contributed by atoms with Crippen molar-refractivity contribution < 1.29 is 19.1 Å². The summed E-state index contributed by atoms with van der Waals surface area (Å²) in [5.74, 6) is 0.583. The van der Waals surface area contributed by atoms with Gasteiger partial charge in [0, 0.05) is 13.1 Å². The Hall–Kier alpha value is -2.24. The molecule has 0 spiro atoms. The van der Waals surface area contributed by atoms with Crippen molar-refractivity contribution in [2.45, 2.75) is 58.9 Å². The first-order chi connectivity index (χ1) is 12.1. The van der Waals surface area contributed by atoms with E-state index in [2.05, 4.69) is 0 Å². The molecule has 2 aliphatic rings. The van der Waals surface area contributed by atoms with Crippen molar-refractivity contribution >= 4 is 12.0 Å². The van der Waals surface area contributed by atoms with Crippen molar-refractivity contribution in [3.8, 4) is 5.75 Å². The highest BCUT2D eigenvalue weighted by Gasteiger charge is 2.59. The van der Waals surface area contributed by atoms with Crippen LogP contribution in [0.25, 0.3) is 0 Å². The summed E-state index contributed by atoms with van der Waals surface area (Å²) >= 11 is 0. The van der Waals surface area contributed by atoms with E-state index in [1.54, 1.807) is 9.80 Å². The summed E-state index contributed by atoms with van der Waals surface area (Å²) < 4.78 is 11.6. The Morgan fingerprint density at radius 2 is 1.81 bits per heavy atom. The van der Waals surface area contributed by atoms with Crippen LogP contribution in [-0.2, 0) is 9.53 Å². The molecular formula is C20H28N2O4. The number of fused-ring (bicyclic) bond motifs is 1. The molecule has 2 atom stereocenters. The molecule has 6 heteroatoms. The Kier molecular flexibility index (Phi) is 4.63. The highest BCUT2D eigenvalue weighted by atomic mass is 16.6. The molecule has 2 saturated heterocycles. The standard InChI is InChI=1S/C20H28N2O4/c1-19(2,3)26-18(24)22-13-9-12-21-16(23)15(20(4,5)17(21)22)25-14-10-7-6-8-11-14/h6-8,10-11,15,17H,9,12-13H2,1-5H3/t15-,17+/m1/s1. The number of rotatable bonds is 2. The summed E-state index contributed by atoms with van der Waals surface area (Å²) in [7, 11) is 0. The second-order valence-electron chi connectivity index (χ2n) is 8.56. The first-order valence-electron chi connectivity index (χ1n) is 9.13. The van der Waals surface area contributed by atoms with Gasteiger partial charge in [0.05, 0.1) is 5.41 Å². The number of amides is 2. The zero-order valence-corrected chi connectivity index (χ0v) is 16.2. The van der Waals surface area contributed by atoms with Crippen LogP contribution in [-0.4, -0.2) is 52.8 Å². The molecule has 0 unspecified atom stereocenters. The van der Waals surface area contributed by atoms with E-state index in [0.717, 1.165) is 6.42 Å². The fourth-order valence-corrected chi connectivity index (χ4v) is 3.81. The monoisotopic (exact) mass is 360 g/mol. The van der Waals surface area contributed by atoms with Gasteiger partial charge in [0.25, 0.3) is 5.91 Å². The second-order valence-corrected chi connectivity index (χ2v) is 8.56. The van der Waals surface area contributed by atoms with E-state index >= 15 is 0 Å². The molecule has 0 N–H and O–H groups in total. The summed E-state index contributed by atoms with van der Waals surface area (Å²) in [5, 5.41) is 0. The van der Waals surface area contributed by atoms with Gasteiger partial charge in [-0.25, -0.2) is 4.79 Å². The smallest absolute Gasteiger partial charge is 0.411 e. The molecule has 0 aromatic heterocycles. The molecule has 0 radical (unpaired) electrons. The minimum Gasteiger partial charge on any atom is -0.480 e. The predicted octanol–water partition coefficient (Wildman–Crippen LogP) is 3.27. The Balaban J connectivity index is 1.87. The lowest BCUT2D eigenvalue weighted by molar-refractivity contribution is -0.137. The molecule has 2 aliphatic heterocycles. The molecule has 142 valence electrons. The number of nitrogens with zero attached hydrogens (tertiary/aromatic N) is 2. The van der Waals surface area contributed by atoms with E-state index < -0.39 is 17.1 Å². The Bertz CT molecular complexity index is 681. The lowest BCUT2D eigenvalue weighted by Gasteiger charge is -2.44. The molecule has 2 heterocycles. The second kappa shape index (κ2) is 6.49. The average molecular weight is 360 g/mol. The van der Waals surface area contributed by atoms with Gasteiger partial charge in [0.2, 0.25) is 0 Å². The predicted molar refractivity (Wildman–Crippen MR) is 97.7 cm³/mol. The van der Waals surface area contributed by atoms with E-state index in [1.807, 2.05) is 65.0 Å². The van der Waals surface area contributed by atoms with Crippen molar-refractivity contribution in [3.05, 3.63) is 30.3 Å². The van der Waals surface area contributed by atoms with Crippen LogP contribution in [0, 0.1) is 5.41 Å². The van der Waals surface area contributed by atoms with Gasteiger partial charge in [-0.15, -0.1) is 0 Å². The third-order valence-corrected chi connectivity index (χ3v) is 4.86. The van der Waals surface area contributed by atoms with E-state index in [4.69, 9.17) is 9.47 Å². The number of carbonyl (C=O) groups excluding carboxylic acids is 2. The van der Waals surface area contributed by atoms with Crippen LogP contribution in [0.3, 0.4) is 0 Å². The van der Waals surface area contributed by atoms with E-state index in [-0.39, 0.29) is 18.2 Å². The molecule has 1 aromatic carbocycles. The van der Waals surface area contributed by atoms with Gasteiger partial charge in [-0.2, -0.15) is 0 Å². The third kappa shape index (κ3) is 3.37. The highest BCUT2D eigenvalue weighted by Crippen LogP contribution is 2.43. The maximum Gasteiger partial charge on any atom is 0.411 e. The fourth-order valence-electron chi connectivity index (χ4n) is 3.81. The van der Waals surface area contributed by atoms with Crippen LogP contribution in [0.4, 0.5) is 4.79 Å². The van der Waals surface area contributed by atoms with Crippen LogP contribution in [0.2, 0.25) is 0 Å². The van der Waals surface area contributed by atoms with E-state index in [9.17, 15) is 9.59 Å². The minimum atomic E-state index is -0.641. The Morgan fingerprint density at radius 3 is 2.42 bits per heavy atom. The molecule has 0 saturated carbocycles. The largest absolute Gasteiger partial charge is 0.480 e. The van der Waals surface area contributed by atoms with Gasteiger partial charge in [0.1, 0.15) is 17.5 Å². The first kappa shape index (κ1) is 18.5. The first-order valence-corrected chi connectivity index (χ1v) is 9.13. The minimum absolute atomic E-state index is 0.0721. The third-order valence-electron chi connectivity index (χ3n) is 4.86. The summed E-state index contributed by atoms with van der Waals surface area (Å²) in [6, 6.07) is 9.34. The lowest BCUT2D eigenvalue weighted by atomic mass is 9.85. The van der Waals surface area contributed by atoms with Crippen molar-refractivity contribution in [1.82, 2.24) is 9.80 Å². The van der Waals surface area contributed by atoms with Gasteiger partial charge >= 0.3 is 6.09 Å². The number of ether oxygens (including phenoxy) is 2. The molecule has 26 heavy (non-hydrogen) atoms. The van der Waals surface area contributed by atoms with Crippen LogP contribution in [0.15, 0.2) is 30.3 Å². The van der Waals surface area contributed by atoms with Crippen LogP contribution in [0.1, 0.15) is 41.0 Å². The fraction of sp³-hybridized carbons (Fsp3) is 0.600. The van der Waals surface area contributed by atoms with Gasteiger partial charge < -0.3 is 14.4 Å². The summed E-state index contributed by atoms with van der Waals surface area (Å²) in [6.45, 7) is 10.7.